The molecule has 1 unspecified atom stereocenters. The van der Waals surface area contributed by atoms with Crippen molar-refractivity contribution in [1.82, 2.24) is 0 Å². The Morgan fingerprint density at radius 1 is 0.392 bits per heavy atom. The van der Waals surface area contributed by atoms with E-state index in [0.29, 0.717) is 19.3 Å². The van der Waals surface area contributed by atoms with Crippen LogP contribution >= 0.6 is 0 Å². The molecule has 0 spiro atoms. The van der Waals surface area contributed by atoms with E-state index in [9.17, 15) is 14.4 Å². The summed E-state index contributed by atoms with van der Waals surface area (Å²) in [5.74, 6) is -0.0456. The van der Waals surface area contributed by atoms with E-state index in [-0.39, 0.29) is 31.1 Å². The average molecular weight is 723 g/mol. The van der Waals surface area contributed by atoms with Gasteiger partial charge in [0.2, 0.25) is 0 Å². The third kappa shape index (κ3) is 38.0. The minimum absolute atomic E-state index is 0.0648. The van der Waals surface area contributed by atoms with Gasteiger partial charge in [-0.1, -0.05) is 207 Å². The van der Waals surface area contributed by atoms with Crippen molar-refractivity contribution in [2.45, 2.75) is 252 Å². The van der Waals surface area contributed by atoms with Crippen molar-refractivity contribution in [2.75, 3.05) is 13.2 Å². The predicted octanol–water partition coefficient (Wildman–Crippen LogP) is 13.9. The van der Waals surface area contributed by atoms with Crippen LogP contribution in [0.4, 0.5) is 0 Å². The molecule has 6 heteroatoms. The van der Waals surface area contributed by atoms with Crippen molar-refractivity contribution in [3.8, 4) is 0 Å². The molecular weight excluding hydrogens is 636 g/mol. The lowest BCUT2D eigenvalue weighted by atomic mass is 10.00. The second kappa shape index (κ2) is 39.6. The Morgan fingerprint density at radius 2 is 0.686 bits per heavy atom. The predicted molar refractivity (Wildman–Crippen MR) is 215 cm³/mol. The van der Waals surface area contributed by atoms with Crippen LogP contribution in [0.1, 0.15) is 246 Å². The lowest BCUT2D eigenvalue weighted by Crippen LogP contribution is -2.30. The molecule has 0 aliphatic carbocycles. The molecule has 51 heavy (non-hydrogen) atoms. The van der Waals surface area contributed by atoms with E-state index in [1.54, 1.807) is 0 Å². The van der Waals surface area contributed by atoms with Gasteiger partial charge in [0, 0.05) is 19.3 Å². The number of unbranched alkanes of at least 4 members (excludes halogenated alkanes) is 26. The first-order valence-electron chi connectivity index (χ1n) is 22.4. The molecule has 0 aromatic rings. The summed E-state index contributed by atoms with van der Waals surface area (Å²) < 4.78 is 16.7. The highest BCUT2D eigenvalue weighted by atomic mass is 16.6. The lowest BCUT2D eigenvalue weighted by molar-refractivity contribution is -0.167. The van der Waals surface area contributed by atoms with Gasteiger partial charge in [-0.25, -0.2) is 0 Å². The van der Waals surface area contributed by atoms with Crippen molar-refractivity contribution in [1.29, 1.82) is 0 Å². The molecule has 0 aromatic carbocycles. The topological polar surface area (TPSA) is 78.9 Å². The molecule has 0 amide bonds. The first kappa shape index (κ1) is 49.4. The highest BCUT2D eigenvalue weighted by Crippen LogP contribution is 2.16. The second-order valence-corrected chi connectivity index (χ2v) is 15.6. The van der Waals surface area contributed by atoms with Crippen molar-refractivity contribution in [3.05, 3.63) is 0 Å². The number of carbonyl (C=O) groups excluding carboxylic acids is 3. The summed E-state index contributed by atoms with van der Waals surface area (Å²) in [4.78, 5) is 37.6. The lowest BCUT2D eigenvalue weighted by Gasteiger charge is -2.18. The SMILES string of the molecule is CCCCCCCCCCCCCCCCC(=O)O[C@H](COC(=O)CCCCCCCCCCC)COC(=O)CCCCCCCCC(C)CC. The fourth-order valence-corrected chi connectivity index (χ4v) is 6.59. The Bertz CT molecular complexity index is 768. The monoisotopic (exact) mass is 723 g/mol. The van der Waals surface area contributed by atoms with Crippen LogP contribution in [0, 0.1) is 5.92 Å². The van der Waals surface area contributed by atoms with Crippen LogP contribution in [0.2, 0.25) is 0 Å². The Kier molecular flexibility index (Phi) is 38.4. The maximum absolute atomic E-state index is 12.7. The van der Waals surface area contributed by atoms with E-state index < -0.39 is 6.10 Å². The molecule has 0 aromatic heterocycles. The minimum atomic E-state index is -0.759. The van der Waals surface area contributed by atoms with E-state index >= 15 is 0 Å². The fraction of sp³-hybridized carbons (Fsp3) is 0.933. The van der Waals surface area contributed by atoms with Crippen LogP contribution < -0.4 is 0 Å². The van der Waals surface area contributed by atoms with Gasteiger partial charge in [0.1, 0.15) is 13.2 Å². The minimum Gasteiger partial charge on any atom is -0.462 e. The van der Waals surface area contributed by atoms with Crippen LogP contribution in [0.5, 0.6) is 0 Å². The first-order valence-corrected chi connectivity index (χ1v) is 22.4. The quantitative estimate of drug-likeness (QED) is 0.0356. The van der Waals surface area contributed by atoms with Crippen LogP contribution in [0.25, 0.3) is 0 Å². The molecule has 6 nitrogen and oxygen atoms in total. The molecule has 0 saturated heterocycles. The van der Waals surface area contributed by atoms with Crippen LogP contribution in [0.15, 0.2) is 0 Å². The molecule has 0 rings (SSSR count). The Labute approximate surface area is 317 Å². The van der Waals surface area contributed by atoms with Gasteiger partial charge >= 0.3 is 17.9 Å². The molecule has 0 radical (unpaired) electrons. The van der Waals surface area contributed by atoms with Gasteiger partial charge in [-0.15, -0.1) is 0 Å². The van der Waals surface area contributed by atoms with E-state index in [2.05, 4.69) is 27.7 Å². The first-order chi connectivity index (χ1) is 24.9. The standard InChI is InChI=1S/C45H86O6/c1-5-8-10-12-14-16-17-18-19-20-22-24-30-34-38-45(48)51-42(39-49-43(46)36-32-28-23-21-15-13-11-9-6-2)40-50-44(47)37-33-29-26-25-27-31-35-41(4)7-3/h41-42H,5-40H2,1-4H3/t41?,42-/m1/s1. The second-order valence-electron chi connectivity index (χ2n) is 15.6. The van der Waals surface area contributed by atoms with Crippen molar-refractivity contribution in [3.63, 3.8) is 0 Å². The smallest absolute Gasteiger partial charge is 0.306 e. The van der Waals surface area contributed by atoms with Gasteiger partial charge in [-0.3, -0.25) is 14.4 Å². The van der Waals surface area contributed by atoms with Gasteiger partial charge in [-0.05, 0) is 25.2 Å². The van der Waals surface area contributed by atoms with E-state index in [4.69, 9.17) is 14.2 Å². The fourth-order valence-electron chi connectivity index (χ4n) is 6.59. The van der Waals surface area contributed by atoms with E-state index in [1.807, 2.05) is 0 Å². The number of ether oxygens (including phenoxy) is 3. The molecular formula is C45H86O6. The zero-order chi connectivity index (χ0) is 37.5. The summed E-state index contributed by atoms with van der Waals surface area (Å²) in [5, 5.41) is 0. The van der Waals surface area contributed by atoms with Gasteiger partial charge in [0.05, 0.1) is 0 Å². The maximum atomic E-state index is 12.7. The van der Waals surface area contributed by atoms with Gasteiger partial charge in [0.25, 0.3) is 0 Å². The van der Waals surface area contributed by atoms with Gasteiger partial charge < -0.3 is 14.2 Å². The number of hydrogen-bond acceptors (Lipinski definition) is 6. The third-order valence-corrected chi connectivity index (χ3v) is 10.4. The normalized spacial score (nSPS) is 12.5. The molecule has 0 bridgehead atoms. The van der Waals surface area contributed by atoms with Gasteiger partial charge in [-0.2, -0.15) is 0 Å². The Balaban J connectivity index is 4.32. The summed E-state index contributed by atoms with van der Waals surface area (Å²) in [6.45, 7) is 8.95. The highest BCUT2D eigenvalue weighted by Gasteiger charge is 2.19. The van der Waals surface area contributed by atoms with E-state index in [0.717, 1.165) is 63.7 Å². The summed E-state index contributed by atoms with van der Waals surface area (Å²) in [6.07, 6.45) is 38.0. The Hall–Kier alpha value is -1.59. The van der Waals surface area contributed by atoms with Gasteiger partial charge in [0.15, 0.2) is 6.10 Å². The molecule has 0 aliphatic rings. The summed E-state index contributed by atoms with van der Waals surface area (Å²) in [5.41, 5.74) is 0. The molecule has 0 saturated carbocycles. The van der Waals surface area contributed by atoms with E-state index in [1.165, 1.54) is 141 Å². The van der Waals surface area contributed by atoms with Crippen LogP contribution in [-0.4, -0.2) is 37.2 Å². The zero-order valence-electron chi connectivity index (χ0n) is 34.6. The number of esters is 3. The molecule has 0 fully saturated rings. The number of rotatable bonds is 40. The summed E-state index contributed by atoms with van der Waals surface area (Å²) in [7, 11) is 0. The largest absolute Gasteiger partial charge is 0.462 e. The van der Waals surface area contributed by atoms with Crippen molar-refractivity contribution < 1.29 is 28.6 Å². The molecule has 2 atom stereocenters. The molecule has 0 N–H and O–H groups in total. The number of hydrogen-bond donors (Lipinski definition) is 0. The number of carbonyl (C=O) groups is 3. The zero-order valence-corrected chi connectivity index (χ0v) is 34.6. The van der Waals surface area contributed by atoms with Crippen molar-refractivity contribution in [2.24, 2.45) is 5.92 Å². The molecule has 0 aliphatic heterocycles. The van der Waals surface area contributed by atoms with Crippen LogP contribution in [0.3, 0.4) is 0 Å². The highest BCUT2D eigenvalue weighted by molar-refractivity contribution is 5.71. The summed E-state index contributed by atoms with van der Waals surface area (Å²) in [6, 6.07) is 0. The molecule has 302 valence electrons. The van der Waals surface area contributed by atoms with Crippen molar-refractivity contribution >= 4 is 17.9 Å². The Morgan fingerprint density at radius 3 is 1.02 bits per heavy atom. The molecule has 0 heterocycles. The summed E-state index contributed by atoms with van der Waals surface area (Å²) >= 11 is 0. The van der Waals surface area contributed by atoms with Crippen LogP contribution in [-0.2, 0) is 28.6 Å². The maximum Gasteiger partial charge on any atom is 0.306 e. The average Bonchev–Trinajstić information content (AvgIpc) is 3.13. The third-order valence-electron chi connectivity index (χ3n) is 10.4.